The number of hydrogen-bond donors (Lipinski definition) is 0. The molecule has 88 heavy (non-hydrogen) atoms. The number of rotatable bonds is 10. The molecule has 0 bridgehead atoms. The van der Waals surface area contributed by atoms with Crippen molar-refractivity contribution >= 4 is 79.0 Å². The van der Waals surface area contributed by atoms with E-state index in [2.05, 4.69) is 263 Å². The van der Waals surface area contributed by atoms with Gasteiger partial charge >= 0.3 is 0 Å². The number of benzene rings is 12. The van der Waals surface area contributed by atoms with Gasteiger partial charge in [-0.25, -0.2) is 0 Å². The van der Waals surface area contributed by atoms with Crippen molar-refractivity contribution < 1.29 is 6.85 Å². The van der Waals surface area contributed by atoms with Crippen molar-refractivity contribution in [3.63, 3.8) is 0 Å². The van der Waals surface area contributed by atoms with Crippen LogP contribution in [0.5, 0.6) is 0 Å². The third-order valence-electron chi connectivity index (χ3n) is 17.6. The van der Waals surface area contributed by atoms with Crippen molar-refractivity contribution in [1.29, 1.82) is 0 Å². The molecule has 0 radical (unpaired) electrons. The van der Waals surface area contributed by atoms with E-state index in [-0.39, 0.29) is 36.4 Å². The molecule has 3 aromatic heterocycles. The van der Waals surface area contributed by atoms with Crippen molar-refractivity contribution in [3.05, 3.63) is 328 Å². The highest BCUT2D eigenvalue weighted by molar-refractivity contribution is 7.00. The number of fused-ring (bicyclic) bond motifs is 7. The summed E-state index contributed by atoms with van der Waals surface area (Å²) in [6.07, 6.45) is 8.06. The molecule has 0 saturated carbocycles. The molecule has 0 amide bonds. The second-order valence-corrected chi connectivity index (χ2v) is 22.5. The lowest BCUT2D eigenvalue weighted by Gasteiger charge is -2.46. The van der Waals surface area contributed by atoms with E-state index in [4.69, 9.17) is 16.8 Å². The van der Waals surface area contributed by atoms with Gasteiger partial charge in [-0.3, -0.25) is 9.97 Å². The first kappa shape index (κ1) is 45.8. The second kappa shape index (κ2) is 21.2. The summed E-state index contributed by atoms with van der Waals surface area (Å²) in [7, 11) is 0. The molecule has 0 fully saturated rings. The maximum absolute atomic E-state index is 9.13. The largest absolute Gasteiger partial charge is 0.310 e. The predicted molar refractivity (Wildman–Crippen MR) is 368 cm³/mol. The Morgan fingerprint density at radius 2 is 0.670 bits per heavy atom. The highest BCUT2D eigenvalue weighted by atomic mass is 15.2. The van der Waals surface area contributed by atoms with Crippen molar-refractivity contribution in [2.75, 3.05) is 9.80 Å². The van der Waals surface area contributed by atoms with E-state index in [1.54, 1.807) is 0 Å². The van der Waals surface area contributed by atoms with Crippen LogP contribution in [0.2, 0.25) is 0 Å². The molecule has 12 aromatic carbocycles. The Labute approximate surface area is 519 Å². The van der Waals surface area contributed by atoms with Gasteiger partial charge in [-0.15, -0.1) is 0 Å². The summed E-state index contributed by atoms with van der Waals surface area (Å²) >= 11 is 0. The average Bonchev–Trinajstić information content (AvgIpc) is 1.29. The topological polar surface area (TPSA) is 37.2 Å². The van der Waals surface area contributed by atoms with Crippen molar-refractivity contribution in [1.82, 2.24) is 14.5 Å². The van der Waals surface area contributed by atoms with Crippen LogP contribution in [-0.2, 0) is 0 Å². The van der Waals surface area contributed by atoms with Crippen LogP contribution >= 0.6 is 0 Å². The molecular weight excluding hydrogens is 1070 g/mol. The molecule has 0 unspecified atom stereocenters. The molecule has 0 spiro atoms. The molecule has 2 aliphatic heterocycles. The van der Waals surface area contributed by atoms with Gasteiger partial charge in [0.1, 0.15) is 0 Å². The average molecular weight is 1130 g/mol. The van der Waals surface area contributed by atoms with E-state index < -0.39 is 6.04 Å². The number of aromatic nitrogens is 3. The fraction of sp³-hybridized carbons (Fsp3) is 0. The number of pyridine rings is 2. The molecule has 410 valence electrons. The SMILES string of the molecule is [2H]c1c([2H])c([2H])c(-c2ccc3c(c2)c2ccccc2n3-c2cc3c4c(c2)N(c2c(-c5ccccc5)cncc2-c2ccccc2)c2cc(-c5ccccc5)ccc2B4c2ccc(-c4ccccc4)cc2N3c2c(-c3ccccc3)cncc2-c2ccccc2)c([2H])c1[2H]. The van der Waals surface area contributed by atoms with Crippen LogP contribution in [0.3, 0.4) is 0 Å². The Kier molecular flexibility index (Phi) is 11.0. The monoisotopic (exact) mass is 1120 g/mol. The molecule has 5 heterocycles. The van der Waals surface area contributed by atoms with Gasteiger partial charge in [0, 0.05) is 80.6 Å². The first-order valence-electron chi connectivity index (χ1n) is 32.2. The minimum absolute atomic E-state index is 0.152. The summed E-state index contributed by atoms with van der Waals surface area (Å²) in [5.41, 5.74) is 24.8. The van der Waals surface area contributed by atoms with E-state index in [0.717, 1.165) is 145 Å². The Hall–Kier alpha value is -11.6. The molecule has 0 atom stereocenters. The predicted octanol–water partition coefficient (Wildman–Crippen LogP) is 19.3. The number of para-hydroxylation sites is 1. The Balaban J connectivity index is 1.06. The van der Waals surface area contributed by atoms with Crippen molar-refractivity contribution in [2.45, 2.75) is 0 Å². The lowest BCUT2D eigenvalue weighted by atomic mass is 9.33. The van der Waals surface area contributed by atoms with E-state index in [1.165, 1.54) is 0 Å². The van der Waals surface area contributed by atoms with E-state index in [1.807, 2.05) is 49.1 Å². The molecule has 15 aromatic rings. The van der Waals surface area contributed by atoms with Crippen LogP contribution in [0, 0.1) is 0 Å². The lowest BCUT2D eigenvalue weighted by molar-refractivity contribution is 1.16. The minimum atomic E-state index is -0.428. The molecule has 0 saturated heterocycles. The summed E-state index contributed by atoms with van der Waals surface area (Å²) in [5.74, 6) is 0. The van der Waals surface area contributed by atoms with Gasteiger partial charge in [0.15, 0.2) is 0 Å². The molecule has 2 aliphatic rings. The first-order chi connectivity index (χ1) is 45.8. The maximum Gasteiger partial charge on any atom is 0.252 e. The number of anilines is 6. The van der Waals surface area contributed by atoms with Gasteiger partial charge in [0.2, 0.25) is 0 Å². The van der Waals surface area contributed by atoms with E-state index in [9.17, 15) is 0 Å². The Bertz CT molecular complexity index is 5070. The van der Waals surface area contributed by atoms with Crippen molar-refractivity contribution in [3.8, 4) is 83.6 Å². The molecule has 0 N–H and O–H groups in total. The quantitative estimate of drug-likeness (QED) is 0.128. The van der Waals surface area contributed by atoms with Gasteiger partial charge in [-0.05, 0) is 114 Å². The summed E-state index contributed by atoms with van der Waals surface area (Å²) in [6.45, 7) is -0.307. The summed E-state index contributed by atoms with van der Waals surface area (Å²) in [5, 5.41) is 1.80. The lowest BCUT2D eigenvalue weighted by Crippen LogP contribution is -2.61. The summed E-state index contributed by atoms with van der Waals surface area (Å²) in [4.78, 5) is 15.3. The molecular formula is C82H54BN5. The molecule has 0 aliphatic carbocycles. The zero-order valence-electron chi connectivity index (χ0n) is 52.6. The molecule has 5 nitrogen and oxygen atoms in total. The van der Waals surface area contributed by atoms with Gasteiger partial charge in [-0.1, -0.05) is 261 Å². The zero-order valence-corrected chi connectivity index (χ0v) is 47.6. The van der Waals surface area contributed by atoms with Gasteiger partial charge < -0.3 is 14.4 Å². The van der Waals surface area contributed by atoms with Crippen LogP contribution in [0.25, 0.3) is 105 Å². The summed E-state index contributed by atoms with van der Waals surface area (Å²) in [6, 6.07) is 95.2. The highest BCUT2D eigenvalue weighted by Crippen LogP contribution is 2.54. The van der Waals surface area contributed by atoms with Gasteiger partial charge in [-0.2, -0.15) is 0 Å². The van der Waals surface area contributed by atoms with Crippen LogP contribution < -0.4 is 26.2 Å². The van der Waals surface area contributed by atoms with Crippen LogP contribution in [-0.4, -0.2) is 21.2 Å². The van der Waals surface area contributed by atoms with Crippen LogP contribution in [0.1, 0.15) is 6.85 Å². The Morgan fingerprint density at radius 3 is 1.11 bits per heavy atom. The third-order valence-corrected chi connectivity index (χ3v) is 17.6. The molecule has 17 rings (SSSR count). The summed E-state index contributed by atoms with van der Waals surface area (Å²) < 4.78 is 46.5. The molecule has 6 heteroatoms. The Morgan fingerprint density at radius 1 is 0.295 bits per heavy atom. The minimum Gasteiger partial charge on any atom is -0.310 e. The van der Waals surface area contributed by atoms with E-state index >= 15 is 0 Å². The van der Waals surface area contributed by atoms with Crippen molar-refractivity contribution in [2.24, 2.45) is 0 Å². The van der Waals surface area contributed by atoms with Crippen LogP contribution in [0.4, 0.5) is 34.1 Å². The van der Waals surface area contributed by atoms with Gasteiger partial charge in [0.25, 0.3) is 6.71 Å². The second-order valence-electron chi connectivity index (χ2n) is 22.5. The standard InChI is InChI=1S/C82H54BN5/c1-8-24-55(25-9-1)62-42-45-75-67(46-62)66-38-22-23-39-74(66)86(75)65-49-78-80-79(50-65)88(82-70(60-34-18-6-19-35-60)53-85-54-71(82)61-36-20-7-21-37-61)77-48-64(57-28-12-3-13-29-57)41-44-73(77)83(80)72-43-40-63(56-26-10-2-11-27-56)47-76(72)87(78)81-68(58-30-14-4-15-31-58)51-84-52-69(81)59-32-16-5-17-33-59/h1-54H/i1D,8D,9D,24D,25D. The smallest absolute Gasteiger partial charge is 0.252 e. The van der Waals surface area contributed by atoms with Gasteiger partial charge in [0.05, 0.1) is 34.9 Å². The highest BCUT2D eigenvalue weighted by Gasteiger charge is 2.46. The number of nitrogens with zero attached hydrogens (tertiary/aromatic N) is 5. The van der Waals surface area contributed by atoms with E-state index in [0.29, 0.717) is 5.56 Å². The maximum atomic E-state index is 9.13. The fourth-order valence-electron chi connectivity index (χ4n) is 13.7. The first-order valence-corrected chi connectivity index (χ1v) is 29.7. The normalized spacial score (nSPS) is 13.0. The number of hydrogen-bond acceptors (Lipinski definition) is 4. The zero-order chi connectivity index (χ0) is 62.4. The van der Waals surface area contributed by atoms with Crippen LogP contribution in [0.15, 0.2) is 328 Å². The fourth-order valence-corrected chi connectivity index (χ4v) is 13.7. The third kappa shape index (κ3) is 8.40.